The number of benzene rings is 1. The van der Waals surface area contributed by atoms with Crippen molar-refractivity contribution >= 4 is 6.08 Å². The lowest BCUT2D eigenvalue weighted by Crippen LogP contribution is -2.62. The molecule has 2 fully saturated rings. The number of ether oxygens (including phenoxy) is 5. The minimum atomic E-state index is -1.69. The maximum Gasteiger partial charge on any atom is 0.229 e. The highest BCUT2D eigenvalue weighted by Crippen LogP contribution is 2.33. The smallest absolute Gasteiger partial charge is 0.229 e. The molecule has 1 aromatic carbocycles. The van der Waals surface area contributed by atoms with Crippen LogP contribution >= 0.6 is 0 Å². The number of hydrogen-bond acceptors (Lipinski definition) is 13. The first-order valence-electron chi connectivity index (χ1n) is 11.0. The van der Waals surface area contributed by atoms with Gasteiger partial charge in [-0.2, -0.15) is 0 Å². The summed E-state index contributed by atoms with van der Waals surface area (Å²) in [5.74, 6) is 0.436. The van der Waals surface area contributed by atoms with Crippen molar-refractivity contribution in [1.29, 1.82) is 0 Å². The lowest BCUT2D eigenvalue weighted by atomic mass is 9.98. The standard InChI is InChI=1S/C22H32O13/c1-31-12-7-10(3-2-6-23)4-5-11(12)33-22-20(30)18(28)16(26)14(35-22)9-32-21-19(29)17(27)15(25)13(8-24)34-21/h2-5,7,13-30H,6,8-9H2,1H3/t13-,14-,15-,16-,17+,18+,19-,20-,21-,22-/m1/s1. The molecule has 35 heavy (non-hydrogen) atoms. The van der Waals surface area contributed by atoms with Crippen LogP contribution in [0.2, 0.25) is 0 Å². The van der Waals surface area contributed by atoms with E-state index >= 15 is 0 Å². The van der Waals surface area contributed by atoms with Crippen LogP contribution in [-0.4, -0.2) is 129 Å². The molecule has 0 aromatic heterocycles. The van der Waals surface area contributed by atoms with Crippen molar-refractivity contribution in [2.75, 3.05) is 26.9 Å². The fraction of sp³-hybridized carbons (Fsp3) is 0.636. The molecule has 13 nitrogen and oxygen atoms in total. The molecule has 0 saturated carbocycles. The van der Waals surface area contributed by atoms with Crippen LogP contribution in [0.4, 0.5) is 0 Å². The molecule has 0 aliphatic carbocycles. The number of rotatable bonds is 9. The molecule has 2 saturated heterocycles. The highest BCUT2D eigenvalue weighted by molar-refractivity contribution is 5.56. The summed E-state index contributed by atoms with van der Waals surface area (Å²) in [4.78, 5) is 0. The zero-order valence-corrected chi connectivity index (χ0v) is 18.9. The number of aliphatic hydroxyl groups is 8. The van der Waals surface area contributed by atoms with E-state index in [1.54, 1.807) is 18.2 Å². The van der Waals surface area contributed by atoms with Gasteiger partial charge in [0.15, 0.2) is 17.8 Å². The summed E-state index contributed by atoms with van der Waals surface area (Å²) < 4.78 is 27.2. The van der Waals surface area contributed by atoms with Gasteiger partial charge in [0.25, 0.3) is 0 Å². The van der Waals surface area contributed by atoms with E-state index in [4.69, 9.17) is 28.8 Å². The van der Waals surface area contributed by atoms with Gasteiger partial charge in [-0.3, -0.25) is 0 Å². The molecule has 3 rings (SSSR count). The fourth-order valence-electron chi connectivity index (χ4n) is 3.75. The van der Waals surface area contributed by atoms with E-state index in [1.807, 2.05) is 0 Å². The van der Waals surface area contributed by atoms with Crippen molar-refractivity contribution in [1.82, 2.24) is 0 Å². The number of methoxy groups -OCH3 is 1. The van der Waals surface area contributed by atoms with Crippen LogP contribution in [-0.2, 0) is 14.2 Å². The second-order valence-electron chi connectivity index (χ2n) is 8.16. The monoisotopic (exact) mass is 504 g/mol. The van der Waals surface area contributed by atoms with E-state index in [1.165, 1.54) is 19.3 Å². The van der Waals surface area contributed by atoms with Gasteiger partial charge >= 0.3 is 0 Å². The van der Waals surface area contributed by atoms with Crippen molar-refractivity contribution in [3.63, 3.8) is 0 Å². The lowest BCUT2D eigenvalue weighted by molar-refractivity contribution is -0.323. The number of hydrogen-bond donors (Lipinski definition) is 8. The lowest BCUT2D eigenvalue weighted by Gasteiger charge is -2.42. The molecule has 2 heterocycles. The normalized spacial score (nSPS) is 38.0. The first-order valence-corrected chi connectivity index (χ1v) is 11.0. The molecule has 1 aromatic rings. The Morgan fingerprint density at radius 2 is 1.43 bits per heavy atom. The van der Waals surface area contributed by atoms with Gasteiger partial charge in [-0.05, 0) is 17.7 Å². The summed E-state index contributed by atoms with van der Waals surface area (Å²) in [5, 5.41) is 79.1. The third-order valence-corrected chi connectivity index (χ3v) is 5.79. The van der Waals surface area contributed by atoms with Crippen molar-refractivity contribution in [2.45, 2.75) is 61.4 Å². The van der Waals surface area contributed by atoms with Crippen molar-refractivity contribution in [2.24, 2.45) is 0 Å². The molecule has 0 unspecified atom stereocenters. The molecule has 2 aliphatic rings. The Morgan fingerprint density at radius 1 is 0.800 bits per heavy atom. The van der Waals surface area contributed by atoms with Crippen molar-refractivity contribution in [3.8, 4) is 11.5 Å². The molecule has 0 bridgehead atoms. The Bertz CT molecular complexity index is 834. The predicted octanol–water partition coefficient (Wildman–Crippen LogP) is -3.30. The molecular weight excluding hydrogens is 472 g/mol. The third kappa shape index (κ3) is 6.28. The van der Waals surface area contributed by atoms with Gasteiger partial charge in [-0.15, -0.1) is 0 Å². The molecule has 13 heteroatoms. The van der Waals surface area contributed by atoms with Gasteiger partial charge in [-0.1, -0.05) is 18.2 Å². The van der Waals surface area contributed by atoms with Gasteiger partial charge < -0.3 is 64.5 Å². The summed E-state index contributed by atoms with van der Waals surface area (Å²) in [5.41, 5.74) is 0.703. The van der Waals surface area contributed by atoms with Gasteiger partial charge in [-0.25, -0.2) is 0 Å². The molecule has 10 atom stereocenters. The van der Waals surface area contributed by atoms with Crippen LogP contribution in [0.5, 0.6) is 11.5 Å². The maximum absolute atomic E-state index is 10.4. The van der Waals surface area contributed by atoms with E-state index in [2.05, 4.69) is 0 Å². The Kier molecular flexibility index (Phi) is 9.80. The molecule has 0 radical (unpaired) electrons. The minimum absolute atomic E-state index is 0.143. The SMILES string of the molecule is COc1cc(C=CCO)ccc1O[C@@H]1O[C@H](CO[C@@H]2O[C@H](CO)[C@@H](O)[C@H](O)[C@H]2O)[C@@H](O)[C@H](O)[C@H]1O. The fourth-order valence-corrected chi connectivity index (χ4v) is 3.75. The number of aliphatic hydroxyl groups excluding tert-OH is 8. The topological polar surface area (TPSA) is 208 Å². The predicted molar refractivity (Wildman–Crippen MR) is 116 cm³/mol. The van der Waals surface area contributed by atoms with Crippen LogP contribution in [0.1, 0.15) is 5.56 Å². The average Bonchev–Trinajstić information content (AvgIpc) is 2.87. The van der Waals surface area contributed by atoms with Crippen LogP contribution in [0.15, 0.2) is 24.3 Å². The summed E-state index contributed by atoms with van der Waals surface area (Å²) >= 11 is 0. The second-order valence-corrected chi connectivity index (χ2v) is 8.16. The molecular formula is C22H32O13. The first kappa shape index (κ1) is 27.7. The van der Waals surface area contributed by atoms with Crippen LogP contribution in [0.25, 0.3) is 6.08 Å². The summed E-state index contributed by atoms with van der Waals surface area (Å²) in [6.45, 7) is -1.27. The van der Waals surface area contributed by atoms with Crippen LogP contribution < -0.4 is 9.47 Å². The Morgan fingerprint density at radius 3 is 2.06 bits per heavy atom. The third-order valence-electron chi connectivity index (χ3n) is 5.79. The van der Waals surface area contributed by atoms with Crippen molar-refractivity contribution in [3.05, 3.63) is 29.8 Å². The Balaban J connectivity index is 1.69. The quantitative estimate of drug-likeness (QED) is 0.166. The van der Waals surface area contributed by atoms with E-state index < -0.39 is 74.6 Å². The maximum atomic E-state index is 10.4. The molecule has 8 N–H and O–H groups in total. The van der Waals surface area contributed by atoms with Crippen LogP contribution in [0, 0.1) is 0 Å². The zero-order valence-electron chi connectivity index (χ0n) is 18.9. The highest BCUT2D eigenvalue weighted by Gasteiger charge is 2.48. The van der Waals surface area contributed by atoms with E-state index in [9.17, 15) is 35.7 Å². The average molecular weight is 504 g/mol. The van der Waals surface area contributed by atoms with Crippen LogP contribution in [0.3, 0.4) is 0 Å². The van der Waals surface area contributed by atoms with Crippen molar-refractivity contribution < 1.29 is 64.5 Å². The molecule has 2 aliphatic heterocycles. The summed E-state index contributed by atoms with van der Waals surface area (Å²) in [7, 11) is 1.40. The zero-order chi connectivity index (χ0) is 25.7. The summed E-state index contributed by atoms with van der Waals surface area (Å²) in [6, 6.07) is 4.80. The summed E-state index contributed by atoms with van der Waals surface area (Å²) in [6.07, 6.45) is -12.0. The van der Waals surface area contributed by atoms with E-state index in [-0.39, 0.29) is 18.1 Å². The molecule has 0 amide bonds. The van der Waals surface area contributed by atoms with Gasteiger partial charge in [0.1, 0.15) is 48.8 Å². The highest BCUT2D eigenvalue weighted by atomic mass is 16.7. The van der Waals surface area contributed by atoms with Gasteiger partial charge in [0.05, 0.1) is 26.9 Å². The first-order chi connectivity index (χ1) is 16.7. The second kappa shape index (κ2) is 12.4. The van der Waals surface area contributed by atoms with E-state index in [0.29, 0.717) is 5.56 Å². The largest absolute Gasteiger partial charge is 0.493 e. The molecule has 198 valence electrons. The molecule has 0 spiro atoms. The minimum Gasteiger partial charge on any atom is -0.493 e. The van der Waals surface area contributed by atoms with Gasteiger partial charge in [0, 0.05) is 0 Å². The van der Waals surface area contributed by atoms with Gasteiger partial charge in [0.2, 0.25) is 6.29 Å². The van der Waals surface area contributed by atoms with E-state index in [0.717, 1.165) is 0 Å². The Hall–Kier alpha value is -1.88. The Labute approximate surface area is 200 Å².